The standard InChI is InChI=1S/C16H31NO2S/c1-2-3-4-5-6-7-8-9-10-11-12-17-13-15-20(18,19)16-14-17/h2H,1,3-16H2. The Hall–Kier alpha value is -0.350. The van der Waals surface area contributed by atoms with Crippen molar-refractivity contribution in [3.63, 3.8) is 0 Å². The third-order valence-corrected chi connectivity index (χ3v) is 5.68. The lowest BCUT2D eigenvalue weighted by atomic mass is 10.1. The first-order chi connectivity index (χ1) is 9.64. The predicted octanol–water partition coefficient (Wildman–Crippen LogP) is 3.41. The van der Waals surface area contributed by atoms with E-state index >= 15 is 0 Å². The van der Waals surface area contributed by atoms with E-state index < -0.39 is 9.84 Å². The van der Waals surface area contributed by atoms with Crippen LogP contribution >= 0.6 is 0 Å². The molecule has 0 N–H and O–H groups in total. The van der Waals surface area contributed by atoms with Gasteiger partial charge in [-0.3, -0.25) is 0 Å². The zero-order valence-electron chi connectivity index (χ0n) is 12.9. The molecule has 0 radical (unpaired) electrons. The Morgan fingerprint density at radius 3 is 1.90 bits per heavy atom. The molecule has 0 unspecified atom stereocenters. The molecule has 118 valence electrons. The molecule has 0 aromatic carbocycles. The number of sulfone groups is 1. The van der Waals surface area contributed by atoms with Gasteiger partial charge >= 0.3 is 0 Å². The summed E-state index contributed by atoms with van der Waals surface area (Å²) in [5, 5.41) is 0. The van der Waals surface area contributed by atoms with Crippen molar-refractivity contribution in [1.29, 1.82) is 0 Å². The zero-order chi connectivity index (χ0) is 14.7. The van der Waals surface area contributed by atoms with Crippen LogP contribution in [0.5, 0.6) is 0 Å². The van der Waals surface area contributed by atoms with Gasteiger partial charge in [0, 0.05) is 13.1 Å². The molecule has 1 aliphatic rings. The predicted molar refractivity (Wildman–Crippen MR) is 86.8 cm³/mol. The highest BCUT2D eigenvalue weighted by Crippen LogP contribution is 2.11. The molecule has 0 amide bonds. The lowest BCUT2D eigenvalue weighted by Crippen LogP contribution is -2.40. The van der Waals surface area contributed by atoms with E-state index in [2.05, 4.69) is 11.5 Å². The van der Waals surface area contributed by atoms with Crippen molar-refractivity contribution in [1.82, 2.24) is 4.90 Å². The fraction of sp³-hybridized carbons (Fsp3) is 0.875. The topological polar surface area (TPSA) is 37.4 Å². The molecule has 0 atom stereocenters. The quantitative estimate of drug-likeness (QED) is 0.433. The van der Waals surface area contributed by atoms with E-state index in [0.29, 0.717) is 11.5 Å². The summed E-state index contributed by atoms with van der Waals surface area (Å²) < 4.78 is 22.6. The van der Waals surface area contributed by atoms with Gasteiger partial charge in [0.15, 0.2) is 9.84 Å². The molecule has 1 heterocycles. The van der Waals surface area contributed by atoms with Gasteiger partial charge in [0.05, 0.1) is 11.5 Å². The van der Waals surface area contributed by atoms with Crippen LogP contribution in [0.25, 0.3) is 0 Å². The molecule has 0 spiro atoms. The van der Waals surface area contributed by atoms with Crippen LogP contribution in [0, 0.1) is 0 Å². The van der Waals surface area contributed by atoms with Crippen LogP contribution < -0.4 is 0 Å². The van der Waals surface area contributed by atoms with Crippen molar-refractivity contribution in [2.45, 2.75) is 57.8 Å². The van der Waals surface area contributed by atoms with Gasteiger partial charge in [-0.25, -0.2) is 8.42 Å². The molecule has 0 bridgehead atoms. The Morgan fingerprint density at radius 2 is 1.35 bits per heavy atom. The molecule has 1 fully saturated rings. The minimum absolute atomic E-state index is 0.359. The SMILES string of the molecule is C=CCCCCCCCCCCN1CCS(=O)(=O)CC1. The van der Waals surface area contributed by atoms with E-state index in [1.165, 1.54) is 51.4 Å². The molecule has 1 rings (SSSR count). The lowest BCUT2D eigenvalue weighted by Gasteiger charge is -2.26. The largest absolute Gasteiger partial charge is 0.301 e. The zero-order valence-corrected chi connectivity index (χ0v) is 13.7. The second kappa shape index (κ2) is 10.4. The summed E-state index contributed by atoms with van der Waals surface area (Å²) in [6.07, 6.45) is 13.7. The van der Waals surface area contributed by atoms with E-state index in [0.717, 1.165) is 26.1 Å². The van der Waals surface area contributed by atoms with Crippen LogP contribution in [0.4, 0.5) is 0 Å². The van der Waals surface area contributed by atoms with Gasteiger partial charge in [0.1, 0.15) is 0 Å². The number of allylic oxidation sites excluding steroid dienone is 1. The Labute approximate surface area is 125 Å². The Balaban J connectivity index is 1.84. The van der Waals surface area contributed by atoms with Gasteiger partial charge in [0.2, 0.25) is 0 Å². The summed E-state index contributed by atoms with van der Waals surface area (Å²) in [4.78, 5) is 2.30. The first-order valence-corrected chi connectivity index (χ1v) is 10.00. The first-order valence-electron chi connectivity index (χ1n) is 8.18. The van der Waals surface area contributed by atoms with E-state index in [4.69, 9.17) is 0 Å². The molecule has 0 saturated carbocycles. The normalized spacial score (nSPS) is 19.0. The third-order valence-electron chi connectivity index (χ3n) is 4.07. The maximum absolute atomic E-state index is 11.3. The van der Waals surface area contributed by atoms with E-state index in [9.17, 15) is 8.42 Å². The lowest BCUT2D eigenvalue weighted by molar-refractivity contribution is 0.287. The van der Waals surface area contributed by atoms with Crippen LogP contribution in [-0.2, 0) is 9.84 Å². The van der Waals surface area contributed by atoms with Crippen LogP contribution in [0.15, 0.2) is 12.7 Å². The molecule has 1 aliphatic heterocycles. The van der Waals surface area contributed by atoms with Gasteiger partial charge < -0.3 is 4.90 Å². The van der Waals surface area contributed by atoms with Crippen LogP contribution in [0.1, 0.15) is 57.8 Å². The minimum Gasteiger partial charge on any atom is -0.301 e. The number of hydrogen-bond acceptors (Lipinski definition) is 3. The molecule has 1 saturated heterocycles. The smallest absolute Gasteiger partial charge is 0.152 e. The third kappa shape index (κ3) is 8.75. The van der Waals surface area contributed by atoms with Crippen molar-refractivity contribution < 1.29 is 8.42 Å². The summed E-state index contributed by atoms with van der Waals surface area (Å²) in [7, 11) is -2.72. The van der Waals surface area contributed by atoms with Crippen molar-refractivity contribution in [2.24, 2.45) is 0 Å². The molecule has 4 heteroatoms. The number of unbranched alkanes of at least 4 members (excludes halogenated alkanes) is 8. The monoisotopic (exact) mass is 301 g/mol. The highest BCUT2D eigenvalue weighted by atomic mass is 32.2. The Kier molecular flexibility index (Phi) is 9.19. The van der Waals surface area contributed by atoms with E-state index in [1.807, 2.05) is 6.08 Å². The van der Waals surface area contributed by atoms with Crippen LogP contribution in [0.2, 0.25) is 0 Å². The number of hydrogen-bond donors (Lipinski definition) is 0. The fourth-order valence-electron chi connectivity index (χ4n) is 2.66. The summed E-state index contributed by atoms with van der Waals surface area (Å²) in [5.41, 5.74) is 0. The van der Waals surface area contributed by atoms with Gasteiger partial charge in [-0.15, -0.1) is 6.58 Å². The average molecular weight is 301 g/mol. The Morgan fingerprint density at radius 1 is 0.850 bits per heavy atom. The molecule has 0 aromatic rings. The molecule has 20 heavy (non-hydrogen) atoms. The highest BCUT2D eigenvalue weighted by Gasteiger charge is 2.20. The number of nitrogens with zero attached hydrogens (tertiary/aromatic N) is 1. The van der Waals surface area contributed by atoms with E-state index in [-0.39, 0.29) is 0 Å². The number of rotatable bonds is 11. The van der Waals surface area contributed by atoms with E-state index in [1.54, 1.807) is 0 Å². The molecule has 3 nitrogen and oxygen atoms in total. The molecular weight excluding hydrogens is 270 g/mol. The molecule has 0 aromatic heterocycles. The summed E-state index contributed by atoms with van der Waals surface area (Å²) in [6, 6.07) is 0. The molecular formula is C16H31NO2S. The van der Waals surface area contributed by atoms with Crippen LogP contribution in [0.3, 0.4) is 0 Å². The average Bonchev–Trinajstić information content (AvgIpc) is 2.42. The van der Waals surface area contributed by atoms with Crippen LogP contribution in [-0.4, -0.2) is 44.5 Å². The summed E-state index contributed by atoms with van der Waals surface area (Å²) in [5.74, 6) is 0.718. The Bertz CT molecular complexity index is 337. The highest BCUT2D eigenvalue weighted by molar-refractivity contribution is 7.91. The molecule has 0 aliphatic carbocycles. The second-order valence-electron chi connectivity index (χ2n) is 5.90. The van der Waals surface area contributed by atoms with Gasteiger partial charge in [-0.2, -0.15) is 0 Å². The van der Waals surface area contributed by atoms with Crippen molar-refractivity contribution >= 4 is 9.84 Å². The summed E-state index contributed by atoms with van der Waals surface area (Å²) >= 11 is 0. The fourth-order valence-corrected chi connectivity index (χ4v) is 3.94. The van der Waals surface area contributed by atoms with Gasteiger partial charge in [-0.05, 0) is 25.8 Å². The summed E-state index contributed by atoms with van der Waals surface area (Å²) in [6.45, 7) is 6.30. The van der Waals surface area contributed by atoms with Crippen molar-refractivity contribution in [3.8, 4) is 0 Å². The van der Waals surface area contributed by atoms with Gasteiger partial charge in [-0.1, -0.05) is 44.6 Å². The maximum atomic E-state index is 11.3. The second-order valence-corrected chi connectivity index (χ2v) is 8.20. The minimum atomic E-state index is -2.72. The van der Waals surface area contributed by atoms with Crippen molar-refractivity contribution in [2.75, 3.05) is 31.1 Å². The maximum Gasteiger partial charge on any atom is 0.152 e. The van der Waals surface area contributed by atoms with Crippen molar-refractivity contribution in [3.05, 3.63) is 12.7 Å². The van der Waals surface area contributed by atoms with Gasteiger partial charge in [0.25, 0.3) is 0 Å². The first kappa shape index (κ1) is 17.7.